The van der Waals surface area contributed by atoms with Crippen LogP contribution < -0.4 is 23.9 Å². The fourth-order valence-corrected chi connectivity index (χ4v) is 8.97. The molecule has 14 nitrogen and oxygen atoms in total. The number of methoxy groups -OCH3 is 2. The molecule has 1 aromatic heterocycles. The highest BCUT2D eigenvalue weighted by atomic mass is 32.2. The lowest BCUT2D eigenvalue weighted by atomic mass is 9.74. The minimum Gasteiger partial charge on any atom is -0.497 e. The minimum atomic E-state index is -4.91. The molecule has 276 valence electrons. The number of hydrogen-bond acceptors (Lipinski definition) is 12. The molecule has 6 rings (SSSR count). The van der Waals surface area contributed by atoms with Gasteiger partial charge in [0.1, 0.15) is 28.3 Å². The Hall–Kier alpha value is -4.82. The number of benzene rings is 2. The van der Waals surface area contributed by atoms with E-state index < -0.39 is 49.2 Å². The first-order valence-corrected chi connectivity index (χ1v) is 18.7. The van der Waals surface area contributed by atoms with Crippen LogP contribution in [0.3, 0.4) is 0 Å². The molecular formula is C36H42FN7O7S. The zero-order valence-electron chi connectivity index (χ0n) is 29.6. The van der Waals surface area contributed by atoms with Gasteiger partial charge in [0, 0.05) is 61.7 Å². The Morgan fingerprint density at radius 1 is 1.04 bits per heavy atom. The van der Waals surface area contributed by atoms with Crippen molar-refractivity contribution in [1.29, 1.82) is 5.26 Å². The molecule has 2 saturated heterocycles. The molecule has 1 atom stereocenters. The zero-order valence-corrected chi connectivity index (χ0v) is 30.4. The summed E-state index contributed by atoms with van der Waals surface area (Å²) >= 11 is 0. The summed E-state index contributed by atoms with van der Waals surface area (Å²) in [5, 5.41) is 11.6. The highest BCUT2D eigenvalue weighted by Crippen LogP contribution is 2.52. The van der Waals surface area contributed by atoms with Crippen LogP contribution in [0.2, 0.25) is 0 Å². The van der Waals surface area contributed by atoms with Crippen LogP contribution in [0.25, 0.3) is 0 Å². The summed E-state index contributed by atoms with van der Waals surface area (Å²) in [5.74, 6) is -3.20. The molecule has 52 heavy (non-hydrogen) atoms. The second-order valence-electron chi connectivity index (χ2n) is 12.7. The summed E-state index contributed by atoms with van der Waals surface area (Å²) in [6.45, 7) is 9.21. The first-order chi connectivity index (χ1) is 25.0. The van der Waals surface area contributed by atoms with Crippen molar-refractivity contribution in [1.82, 2.24) is 25.2 Å². The molecular weight excluding hydrogens is 694 g/mol. The van der Waals surface area contributed by atoms with Crippen molar-refractivity contribution < 1.29 is 36.6 Å². The van der Waals surface area contributed by atoms with Crippen molar-refractivity contribution >= 4 is 27.5 Å². The number of hydrazine groups is 1. The molecule has 0 aliphatic carbocycles. The van der Waals surface area contributed by atoms with E-state index in [1.54, 1.807) is 18.0 Å². The number of carbonyl (C=O) groups excluding carboxylic acids is 2. The highest BCUT2D eigenvalue weighted by molar-refractivity contribution is 7.93. The lowest BCUT2D eigenvalue weighted by molar-refractivity contribution is -0.137. The maximum atomic E-state index is 15.5. The molecule has 0 bridgehead atoms. The summed E-state index contributed by atoms with van der Waals surface area (Å²) in [6.07, 6.45) is 3.51. The van der Waals surface area contributed by atoms with Crippen molar-refractivity contribution in [3.8, 4) is 23.4 Å². The average molecular weight is 736 g/mol. The van der Waals surface area contributed by atoms with E-state index in [2.05, 4.69) is 27.1 Å². The van der Waals surface area contributed by atoms with Crippen LogP contribution in [-0.2, 0) is 25.0 Å². The number of ether oxygens (including phenoxy) is 3. The number of piperidine rings is 1. The van der Waals surface area contributed by atoms with Gasteiger partial charge in [-0.3, -0.25) is 19.9 Å². The predicted octanol–water partition coefficient (Wildman–Crippen LogP) is 2.66. The van der Waals surface area contributed by atoms with Gasteiger partial charge >= 0.3 is 0 Å². The van der Waals surface area contributed by atoms with Gasteiger partial charge < -0.3 is 19.1 Å². The van der Waals surface area contributed by atoms with Crippen LogP contribution in [0.5, 0.6) is 17.4 Å². The third-order valence-electron chi connectivity index (χ3n) is 10.1. The number of nitrogens with zero attached hydrogens (tertiary/aromatic N) is 6. The Morgan fingerprint density at radius 2 is 1.77 bits per heavy atom. The molecule has 0 saturated carbocycles. The van der Waals surface area contributed by atoms with E-state index in [4.69, 9.17) is 14.2 Å². The maximum Gasteiger partial charge on any atom is 0.274 e. The van der Waals surface area contributed by atoms with Crippen molar-refractivity contribution in [2.24, 2.45) is 0 Å². The normalized spacial score (nSPS) is 20.3. The second-order valence-corrected chi connectivity index (χ2v) is 14.5. The molecule has 2 fully saturated rings. The number of pyridine rings is 1. The van der Waals surface area contributed by atoms with E-state index in [1.807, 2.05) is 0 Å². The quantitative estimate of drug-likeness (QED) is 0.288. The van der Waals surface area contributed by atoms with Crippen LogP contribution in [-0.4, -0.2) is 113 Å². The van der Waals surface area contributed by atoms with E-state index in [9.17, 15) is 13.7 Å². The van der Waals surface area contributed by atoms with Crippen LogP contribution in [0.15, 0.2) is 53.6 Å². The van der Waals surface area contributed by atoms with Crippen LogP contribution in [0.4, 0.5) is 10.1 Å². The largest absolute Gasteiger partial charge is 0.497 e. The van der Waals surface area contributed by atoms with Gasteiger partial charge in [-0.15, -0.1) is 0 Å². The summed E-state index contributed by atoms with van der Waals surface area (Å²) < 4.78 is 61.6. The number of piperazine rings is 1. The topological polar surface area (TPSA) is 158 Å². The van der Waals surface area contributed by atoms with E-state index in [-0.39, 0.29) is 35.1 Å². The molecule has 16 heteroatoms. The van der Waals surface area contributed by atoms with E-state index in [0.717, 1.165) is 44.6 Å². The molecule has 1 N–H and O–H groups in total. The van der Waals surface area contributed by atoms with Gasteiger partial charge in [0.05, 0.1) is 32.1 Å². The number of amides is 2. The number of fused-ring (bicyclic) bond motifs is 1. The van der Waals surface area contributed by atoms with Crippen molar-refractivity contribution in [2.45, 2.75) is 43.0 Å². The standard InChI is InChI=1S/C36H42FN7O7S/c1-5-41-14-11-25(12-15-41)42-16-18-43(19-17-42)40-34(45)36(27-8-7-13-39-33(27)51-6-2)28-20-24(23-38)29(37)22-30(28)44(35(36)46)52(47,48)32-10-9-26(49-3)21-31(32)50-4/h7-10,13,20-22,25H,5-6,11-12,14-19H2,1-4H3,(H,40,45). The molecule has 3 aliphatic rings. The van der Waals surface area contributed by atoms with Crippen LogP contribution in [0, 0.1) is 17.1 Å². The minimum absolute atomic E-state index is 0.0724. The van der Waals surface area contributed by atoms with Crippen molar-refractivity contribution in [2.75, 3.05) is 70.9 Å². The Balaban J connectivity index is 1.46. The van der Waals surface area contributed by atoms with Crippen molar-refractivity contribution in [3.05, 3.63) is 71.2 Å². The van der Waals surface area contributed by atoms with Gasteiger partial charge in [0.15, 0.2) is 5.41 Å². The van der Waals surface area contributed by atoms with Gasteiger partial charge in [0.25, 0.3) is 21.8 Å². The lowest BCUT2D eigenvalue weighted by Gasteiger charge is -2.43. The Bertz CT molecular complexity index is 1990. The second kappa shape index (κ2) is 15.0. The summed E-state index contributed by atoms with van der Waals surface area (Å²) in [6, 6.07) is 10.8. The molecule has 0 spiro atoms. The molecule has 4 heterocycles. The van der Waals surface area contributed by atoms with Gasteiger partial charge in [-0.2, -0.15) is 5.26 Å². The maximum absolute atomic E-state index is 15.5. The number of carbonyl (C=O) groups is 2. The number of anilines is 1. The first kappa shape index (κ1) is 37.0. The van der Waals surface area contributed by atoms with Crippen molar-refractivity contribution in [3.63, 3.8) is 0 Å². The third-order valence-corrected chi connectivity index (χ3v) is 11.9. The van der Waals surface area contributed by atoms with Gasteiger partial charge in [-0.05, 0) is 63.7 Å². The smallest absolute Gasteiger partial charge is 0.274 e. The molecule has 2 amide bonds. The Labute approximate surface area is 302 Å². The summed E-state index contributed by atoms with van der Waals surface area (Å²) in [7, 11) is -2.27. The lowest BCUT2D eigenvalue weighted by Crippen LogP contribution is -2.61. The van der Waals surface area contributed by atoms with Gasteiger partial charge in [0.2, 0.25) is 5.88 Å². The SMILES string of the molecule is CCOc1ncccc1C1(C(=O)NN2CCN(C3CCN(CC)CC3)CC2)C(=O)N(S(=O)(=O)c2ccc(OC)cc2OC)c2cc(F)c(C#N)cc21. The van der Waals surface area contributed by atoms with E-state index in [0.29, 0.717) is 36.5 Å². The van der Waals surface area contributed by atoms with Crippen LogP contribution >= 0.6 is 0 Å². The zero-order chi connectivity index (χ0) is 37.2. The van der Waals surface area contributed by atoms with Gasteiger partial charge in [-0.25, -0.2) is 27.1 Å². The molecule has 3 aliphatic heterocycles. The summed E-state index contributed by atoms with van der Waals surface area (Å²) in [5.41, 5.74) is -0.811. The van der Waals surface area contributed by atoms with E-state index >= 15 is 14.0 Å². The number of nitrogens with one attached hydrogen (secondary N) is 1. The number of sulfonamides is 1. The molecule has 1 unspecified atom stereocenters. The molecule has 3 aromatic rings. The fourth-order valence-electron chi connectivity index (χ4n) is 7.38. The van der Waals surface area contributed by atoms with Crippen LogP contribution in [0.1, 0.15) is 43.4 Å². The number of nitriles is 1. The molecule has 2 aromatic carbocycles. The highest BCUT2D eigenvalue weighted by Gasteiger charge is 2.63. The number of likely N-dealkylation sites (tertiary alicyclic amines) is 1. The summed E-state index contributed by atoms with van der Waals surface area (Å²) in [4.78, 5) is 38.9. The third kappa shape index (κ3) is 6.31. The predicted molar refractivity (Wildman–Crippen MR) is 188 cm³/mol. The Morgan fingerprint density at radius 3 is 2.40 bits per heavy atom. The Kier molecular flexibility index (Phi) is 10.7. The van der Waals surface area contributed by atoms with Gasteiger partial charge in [-0.1, -0.05) is 13.0 Å². The van der Waals surface area contributed by atoms with E-state index in [1.165, 1.54) is 50.7 Å². The first-order valence-electron chi connectivity index (χ1n) is 17.2. The average Bonchev–Trinajstić information content (AvgIpc) is 3.42. The monoisotopic (exact) mass is 735 g/mol. The number of rotatable bonds is 11. The fraction of sp³-hybridized carbons (Fsp3) is 0.444. The molecule has 0 radical (unpaired) electrons. The number of hydrogen-bond donors (Lipinski definition) is 1. The number of halogens is 1. The number of aromatic nitrogens is 1.